The summed E-state index contributed by atoms with van der Waals surface area (Å²) in [5.41, 5.74) is 0. The molecule has 2 unspecified atom stereocenters. The van der Waals surface area contributed by atoms with Gasteiger partial charge in [-0.25, -0.2) is 16.8 Å². The number of sulfone groups is 2. The Morgan fingerprint density at radius 1 is 1.28 bits per heavy atom. The van der Waals surface area contributed by atoms with Crippen molar-refractivity contribution in [2.24, 2.45) is 10.9 Å². The fraction of sp³-hybridized carbons (Fsp3) is 0.938. The van der Waals surface area contributed by atoms with Crippen LogP contribution >= 0.6 is 0 Å². The number of rotatable bonds is 4. The van der Waals surface area contributed by atoms with Crippen molar-refractivity contribution in [1.29, 1.82) is 0 Å². The molecule has 7 nitrogen and oxygen atoms in total. The van der Waals surface area contributed by atoms with Crippen molar-refractivity contribution in [3.05, 3.63) is 0 Å². The molecule has 0 aromatic heterocycles. The first-order valence-electron chi connectivity index (χ1n) is 8.94. The van der Waals surface area contributed by atoms with E-state index < -0.39 is 24.4 Å². The monoisotopic (exact) mass is 393 g/mol. The maximum absolute atomic E-state index is 12.2. The van der Waals surface area contributed by atoms with Crippen LogP contribution in [0.1, 0.15) is 40.5 Å². The number of nitrogens with one attached hydrogen (secondary N) is 1. The van der Waals surface area contributed by atoms with Gasteiger partial charge in [-0.1, -0.05) is 6.92 Å². The largest absolute Gasteiger partial charge is 0.354 e. The van der Waals surface area contributed by atoms with Crippen molar-refractivity contribution in [3.63, 3.8) is 0 Å². The molecule has 0 aliphatic carbocycles. The fourth-order valence-electron chi connectivity index (χ4n) is 3.12. The third-order valence-corrected chi connectivity index (χ3v) is 9.53. The van der Waals surface area contributed by atoms with E-state index in [1.54, 1.807) is 13.8 Å². The Morgan fingerprint density at radius 3 is 2.48 bits per heavy atom. The summed E-state index contributed by atoms with van der Waals surface area (Å²) < 4.78 is 46.9. The smallest absolute Gasteiger partial charge is 0.194 e. The van der Waals surface area contributed by atoms with Gasteiger partial charge in [0, 0.05) is 25.7 Å². The Balaban J connectivity index is 2.14. The van der Waals surface area contributed by atoms with Crippen molar-refractivity contribution in [2.75, 3.05) is 36.9 Å². The third kappa shape index (κ3) is 5.09. The lowest BCUT2D eigenvalue weighted by atomic mass is 10.1. The molecular formula is C16H31N3O4S2. The lowest BCUT2D eigenvalue weighted by molar-refractivity contribution is 0.347. The SMILES string of the molecule is CCC(C)NC(=NCC1CCS(=O)(=O)C1)N1CCS(=O)(=O)C(C)(C)C1. The van der Waals surface area contributed by atoms with E-state index in [0.29, 0.717) is 32.0 Å². The van der Waals surface area contributed by atoms with E-state index >= 15 is 0 Å². The highest BCUT2D eigenvalue weighted by Crippen LogP contribution is 2.24. The number of hydrogen-bond donors (Lipinski definition) is 1. The summed E-state index contributed by atoms with van der Waals surface area (Å²) in [6.45, 7) is 8.89. The minimum absolute atomic E-state index is 0.0558. The zero-order chi connectivity index (χ0) is 18.9. The molecule has 0 radical (unpaired) electrons. The zero-order valence-corrected chi connectivity index (χ0v) is 17.3. The number of nitrogens with zero attached hydrogens (tertiary/aromatic N) is 2. The predicted molar refractivity (Wildman–Crippen MR) is 101 cm³/mol. The second-order valence-corrected chi connectivity index (χ2v) is 12.9. The van der Waals surface area contributed by atoms with Gasteiger partial charge in [-0.2, -0.15) is 0 Å². The molecule has 2 aliphatic rings. The minimum atomic E-state index is -3.11. The van der Waals surface area contributed by atoms with Gasteiger partial charge in [0.2, 0.25) is 0 Å². The van der Waals surface area contributed by atoms with Crippen molar-refractivity contribution in [2.45, 2.75) is 51.3 Å². The number of hydrogen-bond acceptors (Lipinski definition) is 5. The summed E-state index contributed by atoms with van der Waals surface area (Å²) in [4.78, 5) is 6.67. The Kier molecular flexibility index (Phi) is 6.08. The first-order valence-corrected chi connectivity index (χ1v) is 12.4. The van der Waals surface area contributed by atoms with Gasteiger partial charge in [0.25, 0.3) is 0 Å². The zero-order valence-electron chi connectivity index (χ0n) is 15.7. The number of guanidine groups is 1. The molecule has 25 heavy (non-hydrogen) atoms. The molecule has 146 valence electrons. The van der Waals surface area contributed by atoms with Crippen molar-refractivity contribution >= 4 is 25.6 Å². The van der Waals surface area contributed by atoms with Gasteiger partial charge in [-0.3, -0.25) is 4.99 Å². The van der Waals surface area contributed by atoms with E-state index in [0.717, 1.165) is 6.42 Å². The van der Waals surface area contributed by atoms with Gasteiger partial charge in [0.15, 0.2) is 25.6 Å². The second kappa shape index (κ2) is 7.42. The quantitative estimate of drug-likeness (QED) is 0.557. The van der Waals surface area contributed by atoms with Crippen LogP contribution in [-0.4, -0.2) is 75.4 Å². The molecular weight excluding hydrogens is 362 g/mol. The van der Waals surface area contributed by atoms with Crippen molar-refractivity contribution in [1.82, 2.24) is 10.2 Å². The fourth-order valence-corrected chi connectivity index (χ4v) is 6.33. The average Bonchev–Trinajstić information content (AvgIpc) is 2.85. The first kappa shape index (κ1) is 20.5. The molecule has 2 atom stereocenters. The average molecular weight is 394 g/mol. The van der Waals surface area contributed by atoms with E-state index in [9.17, 15) is 16.8 Å². The van der Waals surface area contributed by atoms with Gasteiger partial charge in [-0.05, 0) is 39.5 Å². The van der Waals surface area contributed by atoms with Gasteiger partial charge < -0.3 is 10.2 Å². The van der Waals surface area contributed by atoms with Crippen LogP contribution in [0.5, 0.6) is 0 Å². The predicted octanol–water partition coefficient (Wildman–Crippen LogP) is 0.674. The highest BCUT2D eigenvalue weighted by Gasteiger charge is 2.41. The third-order valence-electron chi connectivity index (χ3n) is 5.16. The summed E-state index contributed by atoms with van der Waals surface area (Å²) in [7, 11) is -6.02. The molecule has 9 heteroatoms. The Bertz CT molecular complexity index is 714. The Morgan fingerprint density at radius 2 is 1.96 bits per heavy atom. The summed E-state index contributed by atoms with van der Waals surface area (Å²) >= 11 is 0. The van der Waals surface area contributed by atoms with Crippen LogP contribution in [0.25, 0.3) is 0 Å². The van der Waals surface area contributed by atoms with Crippen LogP contribution in [0.3, 0.4) is 0 Å². The lowest BCUT2D eigenvalue weighted by Crippen LogP contribution is -2.58. The van der Waals surface area contributed by atoms with Gasteiger partial charge in [-0.15, -0.1) is 0 Å². The van der Waals surface area contributed by atoms with Crippen LogP contribution < -0.4 is 5.32 Å². The second-order valence-electron chi connectivity index (χ2n) is 7.89. The molecule has 0 aromatic rings. The Labute approximate surface area is 152 Å². The summed E-state index contributed by atoms with van der Waals surface area (Å²) in [6.07, 6.45) is 1.58. The van der Waals surface area contributed by atoms with Gasteiger partial charge in [0.05, 0.1) is 22.0 Å². The van der Waals surface area contributed by atoms with Gasteiger partial charge in [0.1, 0.15) is 0 Å². The molecule has 2 fully saturated rings. The number of aliphatic imine (C=N–C) groups is 1. The van der Waals surface area contributed by atoms with Crippen LogP contribution in [0.2, 0.25) is 0 Å². The van der Waals surface area contributed by atoms with E-state index in [4.69, 9.17) is 0 Å². The Hall–Kier alpha value is -0.830. The highest BCUT2D eigenvalue weighted by molar-refractivity contribution is 7.92. The molecule has 1 N–H and O–H groups in total. The van der Waals surface area contributed by atoms with E-state index in [1.807, 2.05) is 4.90 Å². The van der Waals surface area contributed by atoms with Crippen molar-refractivity contribution < 1.29 is 16.8 Å². The van der Waals surface area contributed by atoms with E-state index in [1.165, 1.54) is 0 Å². The standard InChI is InChI=1S/C16H31N3O4S2/c1-5-13(2)18-15(17-10-14-6-8-24(20,21)11-14)19-7-9-25(22,23)16(3,4)12-19/h13-14H,5-12H2,1-4H3,(H,17,18). The molecule has 0 aromatic carbocycles. The van der Waals surface area contributed by atoms with Crippen LogP contribution in [-0.2, 0) is 19.7 Å². The molecule has 0 amide bonds. The molecule has 2 saturated heterocycles. The maximum Gasteiger partial charge on any atom is 0.194 e. The van der Waals surface area contributed by atoms with Crippen molar-refractivity contribution in [3.8, 4) is 0 Å². The van der Waals surface area contributed by atoms with Gasteiger partial charge >= 0.3 is 0 Å². The molecule has 2 aliphatic heterocycles. The van der Waals surface area contributed by atoms with Crippen LogP contribution in [0, 0.1) is 5.92 Å². The highest BCUT2D eigenvalue weighted by atomic mass is 32.2. The maximum atomic E-state index is 12.2. The normalized spacial score (nSPS) is 29.4. The van der Waals surface area contributed by atoms with Crippen LogP contribution in [0.4, 0.5) is 0 Å². The first-order chi connectivity index (χ1) is 11.5. The van der Waals surface area contributed by atoms with E-state index in [2.05, 4.69) is 24.2 Å². The molecule has 0 spiro atoms. The lowest BCUT2D eigenvalue weighted by Gasteiger charge is -2.40. The molecule has 2 heterocycles. The molecule has 0 bridgehead atoms. The van der Waals surface area contributed by atoms with E-state index in [-0.39, 0.29) is 29.2 Å². The van der Waals surface area contributed by atoms with Crippen LogP contribution in [0.15, 0.2) is 4.99 Å². The topological polar surface area (TPSA) is 95.9 Å². The molecule has 0 saturated carbocycles. The minimum Gasteiger partial charge on any atom is -0.354 e. The molecule has 2 rings (SSSR count). The summed E-state index contributed by atoms with van der Waals surface area (Å²) in [5.74, 6) is 1.31. The summed E-state index contributed by atoms with van der Waals surface area (Å²) in [5, 5.41) is 3.38. The summed E-state index contributed by atoms with van der Waals surface area (Å²) in [6, 6.07) is 0.215.